The van der Waals surface area contributed by atoms with Crippen molar-refractivity contribution in [1.82, 2.24) is 9.38 Å². The summed E-state index contributed by atoms with van der Waals surface area (Å²) < 4.78 is 6.85. The minimum absolute atomic E-state index is 0.167. The standard InChI is InChI=1S/C26H27N5O3/c1-2-34-21-12-10-20(11-13-21)28-25(32)19(18-27)17-22-24(30-14-6-3-4-7-15-30)29-23-9-5-8-16-31(23)26(22)33/h5,8-13,16-17H,2-4,6-7,14-15H2,1H3,(H,28,32). The first kappa shape index (κ1) is 23.1. The summed E-state index contributed by atoms with van der Waals surface area (Å²) >= 11 is 0. The number of carbonyl (C=O) groups excluding carboxylic acids is 1. The van der Waals surface area contributed by atoms with Crippen LogP contribution in [0.25, 0.3) is 11.7 Å². The fourth-order valence-corrected chi connectivity index (χ4v) is 4.03. The van der Waals surface area contributed by atoms with Crippen LogP contribution in [0.5, 0.6) is 5.75 Å². The van der Waals surface area contributed by atoms with Crippen molar-refractivity contribution >= 4 is 29.1 Å². The number of pyridine rings is 1. The maximum absolute atomic E-state index is 13.4. The summed E-state index contributed by atoms with van der Waals surface area (Å²) in [6.07, 6.45) is 7.26. The fourth-order valence-electron chi connectivity index (χ4n) is 4.03. The van der Waals surface area contributed by atoms with Gasteiger partial charge < -0.3 is 15.0 Å². The van der Waals surface area contributed by atoms with Gasteiger partial charge in [-0.15, -0.1) is 0 Å². The molecule has 1 amide bonds. The molecule has 8 nitrogen and oxygen atoms in total. The summed E-state index contributed by atoms with van der Waals surface area (Å²) in [5.41, 5.74) is 0.812. The first-order valence-corrected chi connectivity index (χ1v) is 11.5. The van der Waals surface area contributed by atoms with Gasteiger partial charge in [-0.2, -0.15) is 5.26 Å². The molecule has 174 valence electrons. The van der Waals surface area contributed by atoms with Crippen LogP contribution in [0.3, 0.4) is 0 Å². The van der Waals surface area contributed by atoms with E-state index in [1.54, 1.807) is 42.6 Å². The van der Waals surface area contributed by atoms with Crippen LogP contribution in [0.15, 0.2) is 59.0 Å². The van der Waals surface area contributed by atoms with Gasteiger partial charge in [-0.25, -0.2) is 4.98 Å². The monoisotopic (exact) mass is 457 g/mol. The van der Waals surface area contributed by atoms with Crippen LogP contribution >= 0.6 is 0 Å². The number of hydrogen-bond donors (Lipinski definition) is 1. The van der Waals surface area contributed by atoms with E-state index in [0.717, 1.165) is 38.8 Å². The van der Waals surface area contributed by atoms with Gasteiger partial charge in [0.2, 0.25) is 0 Å². The third-order valence-electron chi connectivity index (χ3n) is 5.73. The lowest BCUT2D eigenvalue weighted by molar-refractivity contribution is -0.112. The second-order valence-electron chi connectivity index (χ2n) is 8.07. The molecule has 1 aliphatic rings. The van der Waals surface area contributed by atoms with Gasteiger partial charge >= 0.3 is 0 Å². The van der Waals surface area contributed by atoms with E-state index in [0.29, 0.717) is 29.5 Å². The Hall–Kier alpha value is -4.12. The lowest BCUT2D eigenvalue weighted by Crippen LogP contribution is -2.30. The number of hydrogen-bond acceptors (Lipinski definition) is 6. The lowest BCUT2D eigenvalue weighted by Gasteiger charge is -2.23. The lowest BCUT2D eigenvalue weighted by atomic mass is 10.1. The molecule has 1 aliphatic heterocycles. The maximum atomic E-state index is 13.4. The van der Waals surface area contributed by atoms with E-state index < -0.39 is 5.91 Å². The molecule has 1 N–H and O–H groups in total. The molecule has 0 radical (unpaired) electrons. The highest BCUT2D eigenvalue weighted by atomic mass is 16.5. The SMILES string of the molecule is CCOc1ccc(NC(=O)C(C#N)=Cc2c(N3CCCCCC3)nc3ccccn3c2=O)cc1. The first-order valence-electron chi connectivity index (χ1n) is 11.5. The Morgan fingerprint density at radius 3 is 2.56 bits per heavy atom. The van der Waals surface area contributed by atoms with Crippen LogP contribution in [0, 0.1) is 11.3 Å². The summed E-state index contributed by atoms with van der Waals surface area (Å²) in [5, 5.41) is 12.5. The Morgan fingerprint density at radius 1 is 1.15 bits per heavy atom. The third kappa shape index (κ3) is 5.09. The number of anilines is 2. The number of carbonyl (C=O) groups is 1. The molecular formula is C26H27N5O3. The number of fused-ring (bicyclic) bond motifs is 1. The quantitative estimate of drug-likeness (QED) is 0.443. The average molecular weight is 458 g/mol. The highest BCUT2D eigenvalue weighted by molar-refractivity contribution is 6.10. The van der Waals surface area contributed by atoms with Gasteiger partial charge in [0.25, 0.3) is 11.5 Å². The van der Waals surface area contributed by atoms with Crippen LogP contribution < -0.4 is 20.5 Å². The van der Waals surface area contributed by atoms with Crippen molar-refractivity contribution in [2.45, 2.75) is 32.6 Å². The molecule has 0 spiro atoms. The molecule has 0 atom stereocenters. The van der Waals surface area contributed by atoms with E-state index in [2.05, 4.69) is 10.2 Å². The Bertz CT molecular complexity index is 1300. The third-order valence-corrected chi connectivity index (χ3v) is 5.73. The van der Waals surface area contributed by atoms with Crippen LogP contribution in [0.1, 0.15) is 38.2 Å². The van der Waals surface area contributed by atoms with Gasteiger partial charge in [-0.3, -0.25) is 14.0 Å². The van der Waals surface area contributed by atoms with E-state index >= 15 is 0 Å². The Morgan fingerprint density at radius 2 is 1.88 bits per heavy atom. The number of ether oxygens (including phenoxy) is 1. The molecule has 0 unspecified atom stereocenters. The molecule has 34 heavy (non-hydrogen) atoms. The van der Waals surface area contributed by atoms with Crippen molar-refractivity contribution in [3.8, 4) is 11.8 Å². The van der Waals surface area contributed by atoms with Gasteiger partial charge in [0.15, 0.2) is 0 Å². The normalized spacial score (nSPS) is 14.4. The van der Waals surface area contributed by atoms with Crippen molar-refractivity contribution in [2.24, 2.45) is 0 Å². The van der Waals surface area contributed by atoms with E-state index in [4.69, 9.17) is 9.72 Å². The van der Waals surface area contributed by atoms with Crippen LogP contribution in [0.4, 0.5) is 11.5 Å². The van der Waals surface area contributed by atoms with Crippen molar-refractivity contribution in [3.05, 3.63) is 70.2 Å². The van der Waals surface area contributed by atoms with Gasteiger partial charge in [0, 0.05) is 25.0 Å². The maximum Gasteiger partial charge on any atom is 0.267 e. The molecule has 2 aromatic heterocycles. The largest absolute Gasteiger partial charge is 0.494 e. The number of benzene rings is 1. The second-order valence-corrected chi connectivity index (χ2v) is 8.07. The predicted molar refractivity (Wildman–Crippen MR) is 132 cm³/mol. The van der Waals surface area contributed by atoms with Crippen LogP contribution in [-0.4, -0.2) is 35.0 Å². The summed E-state index contributed by atoms with van der Waals surface area (Å²) in [4.78, 5) is 33.1. The number of rotatable bonds is 6. The van der Waals surface area contributed by atoms with Crippen LogP contribution in [0.2, 0.25) is 0 Å². The molecule has 3 aromatic rings. The molecular weight excluding hydrogens is 430 g/mol. The molecule has 1 saturated heterocycles. The smallest absolute Gasteiger partial charge is 0.267 e. The summed E-state index contributed by atoms with van der Waals surface area (Å²) in [6, 6.07) is 14.2. The molecule has 1 fully saturated rings. The van der Waals surface area contributed by atoms with Gasteiger partial charge in [-0.05, 0) is 62.2 Å². The second kappa shape index (κ2) is 10.7. The Kier molecular flexibility index (Phi) is 7.23. The zero-order valence-electron chi connectivity index (χ0n) is 19.2. The number of nitrogens with one attached hydrogen (secondary N) is 1. The number of nitrogens with zero attached hydrogens (tertiary/aromatic N) is 4. The van der Waals surface area contributed by atoms with E-state index in [1.165, 1.54) is 10.5 Å². The van der Waals surface area contributed by atoms with Crippen molar-refractivity contribution in [3.63, 3.8) is 0 Å². The Labute approximate surface area is 198 Å². The highest BCUT2D eigenvalue weighted by Gasteiger charge is 2.20. The van der Waals surface area contributed by atoms with Crippen LogP contribution in [-0.2, 0) is 4.79 Å². The van der Waals surface area contributed by atoms with Gasteiger partial charge in [0.1, 0.15) is 28.9 Å². The topological polar surface area (TPSA) is 99.7 Å². The van der Waals surface area contributed by atoms with Crippen molar-refractivity contribution in [1.29, 1.82) is 5.26 Å². The van der Waals surface area contributed by atoms with Gasteiger partial charge in [-0.1, -0.05) is 18.9 Å². The predicted octanol–water partition coefficient (Wildman–Crippen LogP) is 4.02. The van der Waals surface area contributed by atoms with E-state index in [1.807, 2.05) is 19.1 Å². The summed E-state index contributed by atoms with van der Waals surface area (Å²) in [7, 11) is 0. The Balaban J connectivity index is 1.72. The number of amides is 1. The average Bonchev–Trinajstić information content (AvgIpc) is 3.14. The molecule has 1 aromatic carbocycles. The molecule has 8 heteroatoms. The fraction of sp³-hybridized carbons (Fsp3) is 0.308. The molecule has 0 saturated carbocycles. The van der Waals surface area contributed by atoms with Gasteiger partial charge in [0.05, 0.1) is 12.2 Å². The molecule has 4 rings (SSSR count). The van der Waals surface area contributed by atoms with E-state index in [-0.39, 0.29) is 16.7 Å². The zero-order valence-corrected chi connectivity index (χ0v) is 19.2. The summed E-state index contributed by atoms with van der Waals surface area (Å²) in [6.45, 7) is 3.98. The zero-order chi connectivity index (χ0) is 23.9. The molecule has 0 aliphatic carbocycles. The number of nitriles is 1. The molecule has 3 heterocycles. The number of aromatic nitrogens is 2. The summed E-state index contributed by atoms with van der Waals surface area (Å²) in [5.74, 6) is 0.611. The first-order chi connectivity index (χ1) is 16.6. The highest BCUT2D eigenvalue weighted by Crippen LogP contribution is 2.23. The van der Waals surface area contributed by atoms with Crippen molar-refractivity contribution < 1.29 is 9.53 Å². The van der Waals surface area contributed by atoms with E-state index in [9.17, 15) is 14.9 Å². The minimum atomic E-state index is -0.592. The van der Waals surface area contributed by atoms with Crippen molar-refractivity contribution in [2.75, 3.05) is 29.9 Å². The molecule has 0 bridgehead atoms. The minimum Gasteiger partial charge on any atom is -0.494 e.